The number of hydrogen-bond acceptors (Lipinski definition) is 5. The molecule has 0 saturated carbocycles. The predicted octanol–water partition coefficient (Wildman–Crippen LogP) is 3.02. The maximum Gasteiger partial charge on any atom is 0.156 e. The summed E-state index contributed by atoms with van der Waals surface area (Å²) in [5.41, 5.74) is 1.05. The zero-order valence-corrected chi connectivity index (χ0v) is 10.1. The van der Waals surface area contributed by atoms with Crippen LogP contribution in [0.25, 0.3) is 11.0 Å². The minimum absolute atomic E-state index is 0.417. The fraction of sp³-hybridized carbons (Fsp3) is 0.0909. The molecule has 0 saturated heterocycles. The van der Waals surface area contributed by atoms with Crippen LogP contribution in [0.3, 0.4) is 0 Å². The summed E-state index contributed by atoms with van der Waals surface area (Å²) < 4.78 is 13.4. The van der Waals surface area contributed by atoms with Gasteiger partial charge >= 0.3 is 0 Å². The zero-order valence-electron chi connectivity index (χ0n) is 8.50. The molecule has 0 aliphatic carbocycles. The van der Waals surface area contributed by atoms with Gasteiger partial charge in [-0.3, -0.25) is 0 Å². The number of halogens is 1. The van der Waals surface area contributed by atoms with Gasteiger partial charge in [0.1, 0.15) is 11.5 Å². The summed E-state index contributed by atoms with van der Waals surface area (Å²) >= 11 is 7.04. The monoisotopic (exact) mass is 266 g/mol. The Hall–Kier alpha value is -1.43. The van der Waals surface area contributed by atoms with Crippen LogP contribution in [-0.2, 0) is 0 Å². The average Bonchev–Trinajstić information content (AvgIpc) is 2.98. The largest absolute Gasteiger partial charge is 0.456 e. The molecule has 2 aromatic heterocycles. The smallest absolute Gasteiger partial charge is 0.156 e. The number of furan rings is 1. The fourth-order valence-corrected chi connectivity index (χ4v) is 2.28. The van der Waals surface area contributed by atoms with Gasteiger partial charge in [-0.15, -0.1) is 0 Å². The normalized spacial score (nSPS) is 13.1. The molecule has 1 unspecified atom stereocenters. The van der Waals surface area contributed by atoms with Gasteiger partial charge < -0.3 is 9.52 Å². The Balaban J connectivity index is 2.10. The lowest BCUT2D eigenvalue weighted by Crippen LogP contribution is -1.97. The molecule has 4 nitrogen and oxygen atoms in total. The Morgan fingerprint density at radius 2 is 2.29 bits per heavy atom. The van der Waals surface area contributed by atoms with Crippen molar-refractivity contribution in [3.05, 3.63) is 46.9 Å². The van der Waals surface area contributed by atoms with E-state index in [4.69, 9.17) is 16.0 Å². The maximum atomic E-state index is 10.0. The maximum absolute atomic E-state index is 10.0. The van der Waals surface area contributed by atoms with Crippen LogP contribution >= 0.6 is 23.3 Å². The first kappa shape index (κ1) is 10.7. The number of aliphatic hydroxyl groups excluding tert-OH is 1. The second-order valence-corrected chi connectivity index (χ2v) is 4.51. The lowest BCUT2D eigenvalue weighted by molar-refractivity contribution is 0.188. The highest BCUT2D eigenvalue weighted by Crippen LogP contribution is 2.31. The molecule has 2 heterocycles. The summed E-state index contributed by atoms with van der Waals surface area (Å²) in [7, 11) is 0. The summed E-state index contributed by atoms with van der Waals surface area (Å²) in [5.74, 6) is 0.417. The van der Waals surface area contributed by atoms with Crippen LogP contribution in [0, 0.1) is 0 Å². The van der Waals surface area contributed by atoms with Crippen molar-refractivity contribution >= 4 is 34.3 Å². The van der Waals surface area contributed by atoms with E-state index in [9.17, 15) is 5.11 Å². The van der Waals surface area contributed by atoms with Crippen LogP contribution < -0.4 is 0 Å². The predicted molar refractivity (Wildman–Crippen MR) is 65.2 cm³/mol. The first-order valence-corrected chi connectivity index (χ1v) is 6.00. The van der Waals surface area contributed by atoms with Crippen LogP contribution in [0.2, 0.25) is 5.02 Å². The number of hydrogen-bond donors (Lipinski definition) is 1. The Morgan fingerprint density at radius 3 is 3.00 bits per heavy atom. The summed E-state index contributed by atoms with van der Waals surface area (Å²) in [4.78, 5) is 0. The van der Waals surface area contributed by atoms with E-state index in [1.54, 1.807) is 12.1 Å². The summed E-state index contributed by atoms with van der Waals surface area (Å²) in [5, 5.41) is 11.4. The van der Waals surface area contributed by atoms with Crippen LogP contribution in [0.1, 0.15) is 17.6 Å². The Kier molecular flexibility index (Phi) is 2.58. The standard InChI is InChI=1S/C11H7ClN2O2S/c12-7-3-1-2-6-4-9(16-11(6)7)10(15)8-5-13-17-14-8/h1-5,10,15H. The van der Waals surface area contributed by atoms with Gasteiger partial charge in [0.25, 0.3) is 0 Å². The topological polar surface area (TPSA) is 59.2 Å². The third-order valence-corrected chi connectivity index (χ3v) is 3.23. The van der Waals surface area contributed by atoms with Crippen molar-refractivity contribution < 1.29 is 9.52 Å². The molecule has 0 spiro atoms. The number of rotatable bonds is 2. The van der Waals surface area contributed by atoms with Crippen molar-refractivity contribution in [3.8, 4) is 0 Å². The molecule has 0 amide bonds. The van der Waals surface area contributed by atoms with E-state index in [0.29, 0.717) is 22.1 Å². The molecule has 1 N–H and O–H groups in total. The van der Waals surface area contributed by atoms with Crippen molar-refractivity contribution in [2.24, 2.45) is 0 Å². The lowest BCUT2D eigenvalue weighted by Gasteiger charge is -2.01. The van der Waals surface area contributed by atoms with E-state index in [-0.39, 0.29) is 0 Å². The number of fused-ring (bicyclic) bond motifs is 1. The fourth-order valence-electron chi connectivity index (χ4n) is 1.62. The van der Waals surface area contributed by atoms with Crippen LogP contribution in [0.15, 0.2) is 34.9 Å². The first-order chi connectivity index (χ1) is 8.25. The van der Waals surface area contributed by atoms with Gasteiger partial charge in [0.2, 0.25) is 0 Å². The Bertz CT molecular complexity index is 651. The minimum Gasteiger partial charge on any atom is -0.456 e. The summed E-state index contributed by atoms with van der Waals surface area (Å²) in [6.45, 7) is 0. The lowest BCUT2D eigenvalue weighted by atomic mass is 10.2. The highest BCUT2D eigenvalue weighted by atomic mass is 35.5. The number of nitrogens with zero attached hydrogens (tertiary/aromatic N) is 2. The molecule has 3 aromatic rings. The van der Waals surface area contributed by atoms with Crippen molar-refractivity contribution in [2.75, 3.05) is 0 Å². The molecule has 1 atom stereocenters. The average molecular weight is 267 g/mol. The Labute approximate surface area is 106 Å². The molecule has 1 aromatic carbocycles. The molecule has 0 fully saturated rings. The Morgan fingerprint density at radius 1 is 1.41 bits per heavy atom. The van der Waals surface area contributed by atoms with E-state index in [1.807, 2.05) is 12.1 Å². The second kappa shape index (κ2) is 4.10. The molecule has 6 heteroatoms. The number of benzene rings is 1. The van der Waals surface area contributed by atoms with Crippen molar-refractivity contribution in [3.63, 3.8) is 0 Å². The third kappa shape index (κ3) is 1.82. The van der Waals surface area contributed by atoms with Gasteiger partial charge in [-0.05, 0) is 12.1 Å². The van der Waals surface area contributed by atoms with E-state index in [0.717, 1.165) is 17.1 Å². The van der Waals surface area contributed by atoms with E-state index < -0.39 is 6.10 Å². The van der Waals surface area contributed by atoms with Gasteiger partial charge in [0.15, 0.2) is 11.7 Å². The highest BCUT2D eigenvalue weighted by Gasteiger charge is 2.18. The molecule has 0 aliphatic rings. The van der Waals surface area contributed by atoms with Crippen molar-refractivity contribution in [2.45, 2.75) is 6.10 Å². The molecule has 3 rings (SSSR count). The minimum atomic E-state index is -0.905. The van der Waals surface area contributed by atoms with Crippen LogP contribution in [-0.4, -0.2) is 13.9 Å². The number of para-hydroxylation sites is 1. The van der Waals surface area contributed by atoms with Gasteiger partial charge in [-0.2, -0.15) is 8.75 Å². The SMILES string of the molecule is OC(c1cnsn1)c1cc2cccc(Cl)c2o1. The van der Waals surface area contributed by atoms with Gasteiger partial charge in [-0.25, -0.2) is 0 Å². The van der Waals surface area contributed by atoms with Gasteiger partial charge in [0, 0.05) is 5.39 Å². The molecule has 0 radical (unpaired) electrons. The second-order valence-electron chi connectivity index (χ2n) is 3.54. The highest BCUT2D eigenvalue weighted by molar-refractivity contribution is 6.99. The summed E-state index contributed by atoms with van der Waals surface area (Å²) in [6, 6.07) is 7.21. The summed E-state index contributed by atoms with van der Waals surface area (Å²) in [6.07, 6.45) is 0.613. The van der Waals surface area contributed by atoms with Crippen LogP contribution in [0.4, 0.5) is 0 Å². The molecule has 86 valence electrons. The third-order valence-electron chi connectivity index (χ3n) is 2.44. The van der Waals surface area contributed by atoms with Crippen molar-refractivity contribution in [1.82, 2.24) is 8.75 Å². The molecule has 0 aliphatic heterocycles. The molecular weight excluding hydrogens is 260 g/mol. The van der Waals surface area contributed by atoms with Crippen molar-refractivity contribution in [1.29, 1.82) is 0 Å². The number of aliphatic hydroxyl groups is 1. The first-order valence-electron chi connectivity index (χ1n) is 4.89. The van der Waals surface area contributed by atoms with E-state index in [2.05, 4.69) is 8.75 Å². The molecule has 0 bridgehead atoms. The van der Waals surface area contributed by atoms with Gasteiger partial charge in [-0.1, -0.05) is 23.7 Å². The zero-order chi connectivity index (χ0) is 11.8. The van der Waals surface area contributed by atoms with Gasteiger partial charge in [0.05, 0.1) is 22.9 Å². The molecular formula is C11H7ClN2O2S. The molecule has 17 heavy (non-hydrogen) atoms. The van der Waals surface area contributed by atoms with E-state index >= 15 is 0 Å². The van der Waals surface area contributed by atoms with Crippen LogP contribution in [0.5, 0.6) is 0 Å². The quantitative estimate of drug-likeness (QED) is 0.775. The van der Waals surface area contributed by atoms with E-state index in [1.165, 1.54) is 6.20 Å². The number of aromatic nitrogens is 2.